The second-order valence-electron chi connectivity index (χ2n) is 4.97. The Morgan fingerprint density at radius 2 is 2.06 bits per heavy atom. The molecule has 17 heavy (non-hydrogen) atoms. The SMILES string of the molecule is CCCCCCCC(C)NCc1ccn(C)n1. The zero-order chi connectivity index (χ0) is 12.5. The molecule has 0 saturated heterocycles. The molecule has 98 valence electrons. The summed E-state index contributed by atoms with van der Waals surface area (Å²) in [5, 5.41) is 7.88. The maximum atomic E-state index is 4.36. The van der Waals surface area contributed by atoms with Crippen molar-refractivity contribution in [2.45, 2.75) is 65.0 Å². The van der Waals surface area contributed by atoms with Crippen molar-refractivity contribution in [1.82, 2.24) is 15.1 Å². The van der Waals surface area contributed by atoms with E-state index in [0.29, 0.717) is 6.04 Å². The Bertz CT molecular complexity index is 293. The Morgan fingerprint density at radius 1 is 1.29 bits per heavy atom. The Kier molecular flexibility index (Phi) is 6.94. The highest BCUT2D eigenvalue weighted by Crippen LogP contribution is 2.07. The van der Waals surface area contributed by atoms with Crippen molar-refractivity contribution in [3.05, 3.63) is 18.0 Å². The molecule has 1 N–H and O–H groups in total. The van der Waals surface area contributed by atoms with Gasteiger partial charge in [-0.05, 0) is 19.4 Å². The van der Waals surface area contributed by atoms with Crippen LogP contribution in [0.4, 0.5) is 0 Å². The van der Waals surface area contributed by atoms with Gasteiger partial charge in [-0.3, -0.25) is 4.68 Å². The van der Waals surface area contributed by atoms with Gasteiger partial charge < -0.3 is 5.32 Å². The molecule has 0 spiro atoms. The lowest BCUT2D eigenvalue weighted by molar-refractivity contribution is 0.475. The smallest absolute Gasteiger partial charge is 0.0762 e. The third-order valence-corrected chi connectivity index (χ3v) is 3.14. The fourth-order valence-electron chi connectivity index (χ4n) is 1.99. The lowest BCUT2D eigenvalue weighted by Crippen LogP contribution is -2.25. The van der Waals surface area contributed by atoms with E-state index in [4.69, 9.17) is 0 Å². The van der Waals surface area contributed by atoms with Gasteiger partial charge in [0.15, 0.2) is 0 Å². The molecule has 1 heterocycles. The summed E-state index contributed by atoms with van der Waals surface area (Å²) in [5.41, 5.74) is 1.13. The average molecular weight is 237 g/mol. The van der Waals surface area contributed by atoms with E-state index in [1.165, 1.54) is 38.5 Å². The van der Waals surface area contributed by atoms with Crippen molar-refractivity contribution in [2.75, 3.05) is 0 Å². The van der Waals surface area contributed by atoms with Crippen LogP contribution in [0.3, 0.4) is 0 Å². The van der Waals surface area contributed by atoms with Gasteiger partial charge in [-0.25, -0.2) is 0 Å². The van der Waals surface area contributed by atoms with E-state index in [1.54, 1.807) is 0 Å². The molecule has 0 aliphatic heterocycles. The zero-order valence-electron chi connectivity index (χ0n) is 11.6. The van der Waals surface area contributed by atoms with Crippen LogP contribution in [-0.2, 0) is 13.6 Å². The van der Waals surface area contributed by atoms with Gasteiger partial charge in [0.05, 0.1) is 5.69 Å². The maximum absolute atomic E-state index is 4.36. The molecular weight excluding hydrogens is 210 g/mol. The molecule has 0 amide bonds. The topological polar surface area (TPSA) is 29.9 Å². The zero-order valence-corrected chi connectivity index (χ0v) is 11.6. The largest absolute Gasteiger partial charge is 0.309 e. The average Bonchev–Trinajstić information content (AvgIpc) is 2.72. The van der Waals surface area contributed by atoms with Crippen LogP contribution in [-0.4, -0.2) is 15.8 Å². The number of hydrogen-bond acceptors (Lipinski definition) is 2. The highest BCUT2D eigenvalue weighted by Gasteiger charge is 2.02. The van der Waals surface area contributed by atoms with Crippen LogP contribution in [0.25, 0.3) is 0 Å². The van der Waals surface area contributed by atoms with Crippen LogP contribution >= 0.6 is 0 Å². The number of nitrogens with zero attached hydrogens (tertiary/aromatic N) is 2. The summed E-state index contributed by atoms with van der Waals surface area (Å²) in [4.78, 5) is 0. The van der Waals surface area contributed by atoms with Gasteiger partial charge in [-0.15, -0.1) is 0 Å². The first-order valence-corrected chi connectivity index (χ1v) is 6.94. The molecule has 0 fully saturated rings. The molecule has 1 atom stereocenters. The van der Waals surface area contributed by atoms with E-state index < -0.39 is 0 Å². The van der Waals surface area contributed by atoms with Gasteiger partial charge in [0.1, 0.15) is 0 Å². The van der Waals surface area contributed by atoms with Crippen molar-refractivity contribution in [3.63, 3.8) is 0 Å². The van der Waals surface area contributed by atoms with Gasteiger partial charge in [-0.1, -0.05) is 39.0 Å². The Hall–Kier alpha value is -0.830. The third kappa shape index (κ3) is 6.47. The number of hydrogen-bond donors (Lipinski definition) is 1. The molecule has 1 unspecified atom stereocenters. The first kappa shape index (κ1) is 14.2. The van der Waals surface area contributed by atoms with Crippen molar-refractivity contribution < 1.29 is 0 Å². The van der Waals surface area contributed by atoms with Crippen LogP contribution in [0.5, 0.6) is 0 Å². The summed E-state index contributed by atoms with van der Waals surface area (Å²) in [7, 11) is 1.96. The fourth-order valence-corrected chi connectivity index (χ4v) is 1.99. The summed E-state index contributed by atoms with van der Waals surface area (Å²) in [5.74, 6) is 0. The standard InChI is InChI=1S/C14H27N3/c1-4-5-6-7-8-9-13(2)15-12-14-10-11-17(3)16-14/h10-11,13,15H,4-9,12H2,1-3H3. The second-order valence-corrected chi connectivity index (χ2v) is 4.97. The number of aryl methyl sites for hydroxylation is 1. The number of aromatic nitrogens is 2. The summed E-state index contributed by atoms with van der Waals surface area (Å²) in [6.45, 7) is 5.41. The quantitative estimate of drug-likeness (QED) is 0.668. The summed E-state index contributed by atoms with van der Waals surface area (Å²) >= 11 is 0. The van der Waals surface area contributed by atoms with Crippen molar-refractivity contribution in [2.24, 2.45) is 7.05 Å². The molecule has 1 aromatic heterocycles. The minimum Gasteiger partial charge on any atom is -0.309 e. The normalized spacial score (nSPS) is 12.9. The number of nitrogens with one attached hydrogen (secondary N) is 1. The number of unbranched alkanes of at least 4 members (excludes halogenated alkanes) is 4. The lowest BCUT2D eigenvalue weighted by atomic mass is 10.1. The van der Waals surface area contributed by atoms with E-state index in [-0.39, 0.29) is 0 Å². The summed E-state index contributed by atoms with van der Waals surface area (Å²) < 4.78 is 1.85. The van der Waals surface area contributed by atoms with E-state index in [1.807, 2.05) is 17.9 Å². The molecule has 0 aromatic carbocycles. The Morgan fingerprint density at radius 3 is 2.71 bits per heavy atom. The molecule has 0 radical (unpaired) electrons. The third-order valence-electron chi connectivity index (χ3n) is 3.14. The van der Waals surface area contributed by atoms with Crippen LogP contribution < -0.4 is 5.32 Å². The highest BCUT2D eigenvalue weighted by molar-refractivity contribution is 4.98. The maximum Gasteiger partial charge on any atom is 0.0762 e. The summed E-state index contributed by atoms with van der Waals surface area (Å²) in [6.07, 6.45) is 10.1. The monoisotopic (exact) mass is 237 g/mol. The molecule has 0 aliphatic carbocycles. The minimum absolute atomic E-state index is 0.596. The van der Waals surface area contributed by atoms with Crippen LogP contribution in [0.1, 0.15) is 58.1 Å². The van der Waals surface area contributed by atoms with Gasteiger partial charge >= 0.3 is 0 Å². The Labute approximate surface area is 106 Å². The van der Waals surface area contributed by atoms with Crippen molar-refractivity contribution in [1.29, 1.82) is 0 Å². The van der Waals surface area contributed by atoms with Crippen LogP contribution in [0.2, 0.25) is 0 Å². The van der Waals surface area contributed by atoms with E-state index >= 15 is 0 Å². The highest BCUT2D eigenvalue weighted by atomic mass is 15.3. The molecule has 0 bridgehead atoms. The molecule has 0 saturated carbocycles. The molecule has 1 aromatic rings. The molecule has 0 aliphatic rings. The van der Waals surface area contributed by atoms with Crippen molar-refractivity contribution in [3.8, 4) is 0 Å². The van der Waals surface area contributed by atoms with E-state index in [9.17, 15) is 0 Å². The molecule has 1 rings (SSSR count). The first-order chi connectivity index (χ1) is 8.22. The van der Waals surface area contributed by atoms with E-state index in [2.05, 4.69) is 30.3 Å². The fraction of sp³-hybridized carbons (Fsp3) is 0.786. The lowest BCUT2D eigenvalue weighted by Gasteiger charge is -2.12. The molecule has 3 heteroatoms. The number of rotatable bonds is 9. The molecule has 3 nitrogen and oxygen atoms in total. The van der Waals surface area contributed by atoms with Gasteiger partial charge in [0, 0.05) is 25.8 Å². The Balaban J connectivity index is 2.03. The summed E-state index contributed by atoms with van der Waals surface area (Å²) in [6, 6.07) is 2.67. The second kappa shape index (κ2) is 8.29. The van der Waals surface area contributed by atoms with Gasteiger partial charge in [0.2, 0.25) is 0 Å². The first-order valence-electron chi connectivity index (χ1n) is 6.94. The van der Waals surface area contributed by atoms with Gasteiger partial charge in [-0.2, -0.15) is 5.10 Å². The molecular formula is C14H27N3. The van der Waals surface area contributed by atoms with Crippen molar-refractivity contribution >= 4 is 0 Å². The minimum atomic E-state index is 0.596. The predicted molar refractivity (Wildman–Crippen MR) is 72.9 cm³/mol. The predicted octanol–water partition coefficient (Wildman–Crippen LogP) is 3.26. The van der Waals surface area contributed by atoms with E-state index in [0.717, 1.165) is 12.2 Å². The van der Waals surface area contributed by atoms with Gasteiger partial charge in [0.25, 0.3) is 0 Å². The van der Waals surface area contributed by atoms with Crippen LogP contribution in [0.15, 0.2) is 12.3 Å². The van der Waals surface area contributed by atoms with Crippen LogP contribution in [0, 0.1) is 0 Å².